The molecule has 19 heavy (non-hydrogen) atoms. The molecule has 1 N–H and O–H groups in total. The molecule has 10 heteroatoms. The lowest BCUT2D eigenvalue weighted by Crippen LogP contribution is -2.13. The zero-order valence-corrected chi connectivity index (χ0v) is 10.8. The number of aromatic nitrogens is 2. The molecule has 0 bridgehead atoms. The number of hydrogen-bond acceptors (Lipinski definition) is 6. The molecule has 0 radical (unpaired) electrons. The zero-order chi connectivity index (χ0) is 13.9. The largest absolute Gasteiger partial charge is 0.435 e. The maximum absolute atomic E-state index is 12.1. The monoisotopic (exact) mass is 307 g/mol. The standard InChI is InChI=1S/C9H7F2N3O3S2/c10-8(11)17-6-2-1-3-7(4-6)19(15,16)14-9-13-12-5-18-9/h1-5,8H,(H,13,14). The van der Waals surface area contributed by atoms with Gasteiger partial charge in [0.15, 0.2) is 0 Å². The summed E-state index contributed by atoms with van der Waals surface area (Å²) in [7, 11) is -3.91. The van der Waals surface area contributed by atoms with Crippen LogP contribution in [0.3, 0.4) is 0 Å². The average Bonchev–Trinajstić information content (AvgIpc) is 2.80. The lowest BCUT2D eigenvalue weighted by Gasteiger charge is -2.07. The van der Waals surface area contributed by atoms with Crippen LogP contribution in [0.15, 0.2) is 34.7 Å². The van der Waals surface area contributed by atoms with Crippen LogP contribution in [0.2, 0.25) is 0 Å². The van der Waals surface area contributed by atoms with Crippen LogP contribution >= 0.6 is 11.3 Å². The Morgan fingerprint density at radius 2 is 2.16 bits per heavy atom. The first kappa shape index (κ1) is 13.6. The van der Waals surface area contributed by atoms with E-state index >= 15 is 0 Å². The van der Waals surface area contributed by atoms with Crippen molar-refractivity contribution in [1.82, 2.24) is 10.2 Å². The Balaban J connectivity index is 2.25. The third kappa shape index (κ3) is 3.58. The Kier molecular flexibility index (Phi) is 3.90. The average molecular weight is 307 g/mol. The molecule has 0 unspecified atom stereocenters. The number of nitrogens with zero attached hydrogens (tertiary/aromatic N) is 2. The minimum atomic E-state index is -3.91. The quantitative estimate of drug-likeness (QED) is 0.913. The molecule has 0 aliphatic rings. The molecule has 2 aromatic rings. The van der Waals surface area contributed by atoms with Gasteiger partial charge in [-0.15, -0.1) is 10.2 Å². The number of alkyl halides is 2. The van der Waals surface area contributed by atoms with Crippen LogP contribution in [0.25, 0.3) is 0 Å². The Morgan fingerprint density at radius 1 is 1.37 bits per heavy atom. The molecule has 6 nitrogen and oxygen atoms in total. The second-order valence-electron chi connectivity index (χ2n) is 3.20. The van der Waals surface area contributed by atoms with Crippen molar-refractivity contribution in [2.24, 2.45) is 0 Å². The number of benzene rings is 1. The summed E-state index contributed by atoms with van der Waals surface area (Å²) < 4.78 is 54.2. The van der Waals surface area contributed by atoms with Gasteiger partial charge >= 0.3 is 6.61 Å². The first-order valence-electron chi connectivity index (χ1n) is 4.81. The topological polar surface area (TPSA) is 81.2 Å². The van der Waals surface area contributed by atoms with E-state index in [1.807, 2.05) is 0 Å². The van der Waals surface area contributed by atoms with E-state index in [0.717, 1.165) is 17.4 Å². The van der Waals surface area contributed by atoms with Gasteiger partial charge in [-0.3, -0.25) is 4.72 Å². The first-order valence-corrected chi connectivity index (χ1v) is 7.17. The summed E-state index contributed by atoms with van der Waals surface area (Å²) in [6.45, 7) is -3.02. The van der Waals surface area contributed by atoms with Gasteiger partial charge in [0.05, 0.1) is 4.90 Å². The molecule has 2 rings (SSSR count). The lowest BCUT2D eigenvalue weighted by atomic mass is 10.3. The predicted molar refractivity (Wildman–Crippen MR) is 63.8 cm³/mol. The molecule has 0 spiro atoms. The Morgan fingerprint density at radius 3 is 2.79 bits per heavy atom. The van der Waals surface area contributed by atoms with E-state index in [4.69, 9.17) is 0 Å². The fourth-order valence-corrected chi connectivity index (χ4v) is 2.94. The predicted octanol–water partition coefficient (Wildman–Crippen LogP) is 1.94. The van der Waals surface area contributed by atoms with E-state index in [0.29, 0.717) is 0 Å². The first-order chi connectivity index (χ1) is 8.97. The van der Waals surface area contributed by atoms with Crippen molar-refractivity contribution in [1.29, 1.82) is 0 Å². The van der Waals surface area contributed by atoms with Gasteiger partial charge in [0, 0.05) is 6.07 Å². The van der Waals surface area contributed by atoms with Crippen molar-refractivity contribution in [2.45, 2.75) is 11.5 Å². The van der Waals surface area contributed by atoms with Crippen LogP contribution in [0, 0.1) is 0 Å². The van der Waals surface area contributed by atoms with E-state index in [2.05, 4.69) is 19.7 Å². The van der Waals surface area contributed by atoms with Gasteiger partial charge in [0.2, 0.25) is 5.13 Å². The van der Waals surface area contributed by atoms with Gasteiger partial charge < -0.3 is 4.74 Å². The number of halogens is 2. The van der Waals surface area contributed by atoms with Crippen LogP contribution in [-0.2, 0) is 10.0 Å². The fraction of sp³-hybridized carbons (Fsp3) is 0.111. The molecule has 1 aromatic heterocycles. The number of hydrogen-bond donors (Lipinski definition) is 1. The highest BCUT2D eigenvalue weighted by Gasteiger charge is 2.17. The molecule has 102 valence electrons. The van der Waals surface area contributed by atoms with Gasteiger partial charge in [-0.05, 0) is 12.1 Å². The molecular formula is C9H7F2N3O3S2. The van der Waals surface area contributed by atoms with E-state index in [9.17, 15) is 17.2 Å². The maximum atomic E-state index is 12.1. The molecule has 0 saturated carbocycles. The molecule has 0 saturated heterocycles. The summed E-state index contributed by atoms with van der Waals surface area (Å²) in [5.74, 6) is -0.241. The van der Waals surface area contributed by atoms with Gasteiger partial charge in [-0.2, -0.15) is 8.78 Å². The molecule has 1 aromatic carbocycles. The summed E-state index contributed by atoms with van der Waals surface area (Å²) in [4.78, 5) is -0.208. The second kappa shape index (κ2) is 5.45. The van der Waals surface area contributed by atoms with Crippen LogP contribution in [0.5, 0.6) is 5.75 Å². The van der Waals surface area contributed by atoms with Crippen LogP contribution in [-0.4, -0.2) is 25.2 Å². The van der Waals surface area contributed by atoms with Crippen LogP contribution < -0.4 is 9.46 Å². The SMILES string of the molecule is O=S(=O)(Nc1nncs1)c1cccc(OC(F)F)c1. The normalized spacial score (nSPS) is 11.5. The third-order valence-corrected chi connectivity index (χ3v) is 4.00. The second-order valence-corrected chi connectivity index (χ2v) is 5.72. The van der Waals surface area contributed by atoms with E-state index in [1.165, 1.54) is 23.7 Å². The number of sulfonamides is 1. The number of anilines is 1. The van der Waals surface area contributed by atoms with Gasteiger partial charge in [-0.25, -0.2) is 8.42 Å². The summed E-state index contributed by atoms with van der Waals surface area (Å²) in [6, 6.07) is 4.78. The fourth-order valence-electron chi connectivity index (χ4n) is 1.21. The van der Waals surface area contributed by atoms with Crippen molar-refractivity contribution in [3.05, 3.63) is 29.8 Å². The van der Waals surface area contributed by atoms with Gasteiger partial charge in [0.1, 0.15) is 11.3 Å². The van der Waals surface area contributed by atoms with Gasteiger partial charge in [0.25, 0.3) is 10.0 Å². The molecule has 0 fully saturated rings. The highest BCUT2D eigenvalue weighted by molar-refractivity contribution is 7.93. The summed E-state index contributed by atoms with van der Waals surface area (Å²) in [5.41, 5.74) is 1.36. The lowest BCUT2D eigenvalue weighted by molar-refractivity contribution is -0.0499. The smallest absolute Gasteiger partial charge is 0.387 e. The number of ether oxygens (including phenoxy) is 1. The van der Waals surface area contributed by atoms with E-state index in [1.54, 1.807) is 0 Å². The molecule has 1 heterocycles. The third-order valence-electron chi connectivity index (χ3n) is 1.92. The van der Waals surface area contributed by atoms with Crippen molar-refractivity contribution in [3.63, 3.8) is 0 Å². The van der Waals surface area contributed by atoms with E-state index < -0.39 is 16.6 Å². The van der Waals surface area contributed by atoms with Crippen molar-refractivity contribution in [2.75, 3.05) is 4.72 Å². The molecule has 0 amide bonds. The maximum Gasteiger partial charge on any atom is 0.387 e. The molecule has 0 atom stereocenters. The van der Waals surface area contributed by atoms with Crippen molar-refractivity contribution < 1.29 is 21.9 Å². The van der Waals surface area contributed by atoms with Crippen LogP contribution in [0.1, 0.15) is 0 Å². The van der Waals surface area contributed by atoms with Crippen molar-refractivity contribution >= 4 is 26.5 Å². The van der Waals surface area contributed by atoms with Crippen molar-refractivity contribution in [3.8, 4) is 5.75 Å². The molecular weight excluding hydrogens is 300 g/mol. The summed E-state index contributed by atoms with van der Waals surface area (Å²) in [6.07, 6.45) is 0. The minimum absolute atomic E-state index is 0.0835. The van der Waals surface area contributed by atoms with Gasteiger partial charge in [-0.1, -0.05) is 17.4 Å². The number of rotatable bonds is 5. The summed E-state index contributed by atoms with van der Waals surface area (Å²) >= 11 is 0.996. The Bertz CT molecular complexity index is 646. The minimum Gasteiger partial charge on any atom is -0.435 e. The molecule has 0 aliphatic heterocycles. The Hall–Kier alpha value is -1.81. The zero-order valence-electron chi connectivity index (χ0n) is 9.16. The van der Waals surface area contributed by atoms with E-state index in [-0.39, 0.29) is 15.8 Å². The summed E-state index contributed by atoms with van der Waals surface area (Å²) in [5, 5.41) is 7.08. The highest BCUT2D eigenvalue weighted by atomic mass is 32.2. The Labute approximate surface area is 111 Å². The molecule has 0 aliphatic carbocycles. The highest BCUT2D eigenvalue weighted by Crippen LogP contribution is 2.22. The van der Waals surface area contributed by atoms with Crippen LogP contribution in [0.4, 0.5) is 13.9 Å². The number of nitrogens with one attached hydrogen (secondary N) is 1.